The average Bonchev–Trinajstić information content (AvgIpc) is 3.16. The average molecular weight is 380 g/mol. The summed E-state index contributed by atoms with van der Waals surface area (Å²) < 4.78 is 31.8. The van der Waals surface area contributed by atoms with E-state index in [9.17, 15) is 13.2 Å². The van der Waals surface area contributed by atoms with Crippen LogP contribution in [0.15, 0.2) is 53.4 Å². The molecule has 1 aliphatic heterocycles. The third kappa shape index (κ3) is 4.03. The van der Waals surface area contributed by atoms with Gasteiger partial charge in [0.1, 0.15) is 5.75 Å². The zero-order chi connectivity index (χ0) is 17.9. The number of nitrogens with zero attached hydrogens (tertiary/aromatic N) is 1. The number of carbonyl (C=O) groups excluding carboxylic acids is 1. The van der Waals surface area contributed by atoms with E-state index in [1.165, 1.54) is 28.6 Å². The third-order valence-corrected chi connectivity index (χ3v) is 6.30. The highest BCUT2D eigenvalue weighted by molar-refractivity contribution is 7.89. The van der Waals surface area contributed by atoms with Crippen molar-refractivity contribution < 1.29 is 17.9 Å². The molecule has 0 saturated carbocycles. The number of rotatable bonds is 6. The van der Waals surface area contributed by atoms with Gasteiger partial charge in [0.05, 0.1) is 9.92 Å². The molecule has 0 unspecified atom stereocenters. The molecule has 0 radical (unpaired) electrons. The summed E-state index contributed by atoms with van der Waals surface area (Å²) in [4.78, 5) is 12.4. The summed E-state index contributed by atoms with van der Waals surface area (Å²) in [6.07, 6.45) is 1.77. The first kappa shape index (κ1) is 17.9. The van der Waals surface area contributed by atoms with E-state index in [0.717, 1.165) is 12.8 Å². The van der Waals surface area contributed by atoms with Gasteiger partial charge >= 0.3 is 0 Å². The number of sulfonamides is 1. The van der Waals surface area contributed by atoms with Crippen molar-refractivity contribution in [3.63, 3.8) is 0 Å². The van der Waals surface area contributed by atoms with Crippen LogP contribution in [0.3, 0.4) is 0 Å². The van der Waals surface area contributed by atoms with Gasteiger partial charge < -0.3 is 4.74 Å². The lowest BCUT2D eigenvalue weighted by Crippen LogP contribution is -2.27. The Bertz CT molecular complexity index is 859. The molecule has 1 aliphatic rings. The lowest BCUT2D eigenvalue weighted by Gasteiger charge is -2.15. The molecule has 1 saturated heterocycles. The zero-order valence-corrected chi connectivity index (χ0v) is 15.1. The van der Waals surface area contributed by atoms with E-state index in [0.29, 0.717) is 29.4 Å². The van der Waals surface area contributed by atoms with Crippen molar-refractivity contribution in [2.45, 2.75) is 17.7 Å². The van der Waals surface area contributed by atoms with Gasteiger partial charge in [0, 0.05) is 18.7 Å². The highest BCUT2D eigenvalue weighted by Gasteiger charge is 2.27. The summed E-state index contributed by atoms with van der Waals surface area (Å²) in [5.74, 6) is 0.191. The van der Waals surface area contributed by atoms with Gasteiger partial charge in [-0.3, -0.25) is 4.79 Å². The van der Waals surface area contributed by atoms with Crippen molar-refractivity contribution >= 4 is 27.4 Å². The van der Waals surface area contributed by atoms with Crippen LogP contribution in [0.5, 0.6) is 5.75 Å². The van der Waals surface area contributed by atoms with Gasteiger partial charge in [-0.05, 0) is 49.2 Å². The summed E-state index contributed by atoms with van der Waals surface area (Å²) in [6, 6.07) is 12.9. The van der Waals surface area contributed by atoms with Crippen molar-refractivity contribution in [2.75, 3.05) is 19.7 Å². The van der Waals surface area contributed by atoms with E-state index < -0.39 is 10.0 Å². The van der Waals surface area contributed by atoms with Gasteiger partial charge in [-0.2, -0.15) is 4.31 Å². The largest absolute Gasteiger partial charge is 0.484 e. The quantitative estimate of drug-likeness (QED) is 0.722. The second kappa shape index (κ2) is 7.56. The maximum atomic E-state index is 12.5. The Hall–Kier alpha value is -1.89. The lowest BCUT2D eigenvalue weighted by atomic mass is 10.1. The molecule has 132 valence electrons. The summed E-state index contributed by atoms with van der Waals surface area (Å²) in [7, 11) is -3.47. The molecule has 7 heteroatoms. The molecule has 0 N–H and O–H groups in total. The first-order chi connectivity index (χ1) is 12.0. The Morgan fingerprint density at radius 1 is 1.04 bits per heavy atom. The second-order valence-corrected chi connectivity index (χ2v) is 8.12. The van der Waals surface area contributed by atoms with Crippen LogP contribution in [0.2, 0.25) is 5.02 Å². The number of Topliss-reactive ketones (excluding diaryl/α,β-unsaturated/α-hetero) is 1. The second-order valence-electron chi connectivity index (χ2n) is 5.78. The summed E-state index contributed by atoms with van der Waals surface area (Å²) >= 11 is 5.98. The zero-order valence-electron chi connectivity index (χ0n) is 13.5. The first-order valence-electron chi connectivity index (χ1n) is 7.99. The molecular weight excluding hydrogens is 362 g/mol. The van der Waals surface area contributed by atoms with Crippen molar-refractivity contribution in [1.82, 2.24) is 4.31 Å². The summed E-state index contributed by atoms with van der Waals surface area (Å²) in [6.45, 7) is 0.936. The first-order valence-corrected chi connectivity index (χ1v) is 9.81. The van der Waals surface area contributed by atoms with E-state index in [1.807, 2.05) is 0 Å². The monoisotopic (exact) mass is 379 g/mol. The normalized spacial score (nSPS) is 15.2. The summed E-state index contributed by atoms with van der Waals surface area (Å²) in [5.41, 5.74) is 0.396. The van der Waals surface area contributed by atoms with Gasteiger partial charge in [-0.25, -0.2) is 8.42 Å². The number of ether oxygens (including phenoxy) is 1. The van der Waals surface area contributed by atoms with Crippen LogP contribution in [-0.2, 0) is 10.0 Å². The molecule has 5 nitrogen and oxygen atoms in total. The molecule has 1 heterocycles. The summed E-state index contributed by atoms with van der Waals surface area (Å²) in [5, 5.41) is 0.433. The fourth-order valence-electron chi connectivity index (χ4n) is 2.68. The fraction of sp³-hybridized carbons (Fsp3) is 0.278. The smallest absolute Gasteiger partial charge is 0.243 e. The lowest BCUT2D eigenvalue weighted by molar-refractivity contribution is 0.0921. The molecule has 2 aromatic carbocycles. The molecule has 0 amide bonds. The molecular formula is C18H18ClNO4S. The molecule has 0 atom stereocenters. The van der Waals surface area contributed by atoms with Crippen molar-refractivity contribution in [3.05, 3.63) is 59.1 Å². The maximum absolute atomic E-state index is 12.5. The minimum absolute atomic E-state index is 0.165. The van der Waals surface area contributed by atoms with E-state index in [1.54, 1.807) is 24.3 Å². The Balaban J connectivity index is 1.67. The third-order valence-electron chi connectivity index (χ3n) is 4.07. The van der Waals surface area contributed by atoms with Crippen molar-refractivity contribution in [2.24, 2.45) is 0 Å². The van der Waals surface area contributed by atoms with Gasteiger partial charge in [0.2, 0.25) is 10.0 Å². The van der Waals surface area contributed by atoms with Crippen LogP contribution in [0.25, 0.3) is 0 Å². The van der Waals surface area contributed by atoms with Crippen LogP contribution in [0.4, 0.5) is 0 Å². The standard InChI is InChI=1S/C18H18ClNO4S/c19-16-5-1-2-6-18(16)24-13-17(21)14-7-9-15(10-8-14)25(22,23)20-11-3-4-12-20/h1-2,5-10H,3-4,11-13H2. The molecule has 0 aliphatic carbocycles. The number of carbonyl (C=O) groups is 1. The number of ketones is 1. The van der Waals surface area contributed by atoms with Gasteiger partial charge in [0.25, 0.3) is 0 Å². The predicted octanol–water partition coefficient (Wildman–Crippen LogP) is 3.39. The number of halogens is 1. The Morgan fingerprint density at radius 2 is 1.68 bits per heavy atom. The Morgan fingerprint density at radius 3 is 2.32 bits per heavy atom. The number of hydrogen-bond acceptors (Lipinski definition) is 4. The van der Waals surface area contributed by atoms with E-state index in [2.05, 4.69) is 0 Å². The molecule has 3 rings (SSSR count). The van der Waals surface area contributed by atoms with Crippen LogP contribution in [-0.4, -0.2) is 38.2 Å². The molecule has 1 fully saturated rings. The minimum atomic E-state index is -3.47. The van der Waals surface area contributed by atoms with Crippen LogP contribution >= 0.6 is 11.6 Å². The van der Waals surface area contributed by atoms with Crippen LogP contribution in [0, 0.1) is 0 Å². The number of benzene rings is 2. The van der Waals surface area contributed by atoms with Gasteiger partial charge in [-0.15, -0.1) is 0 Å². The van der Waals surface area contributed by atoms with Crippen molar-refractivity contribution in [1.29, 1.82) is 0 Å². The highest BCUT2D eigenvalue weighted by atomic mass is 35.5. The number of hydrogen-bond donors (Lipinski definition) is 0. The predicted molar refractivity (Wildman–Crippen MR) is 95.7 cm³/mol. The van der Waals surface area contributed by atoms with E-state index >= 15 is 0 Å². The highest BCUT2D eigenvalue weighted by Crippen LogP contribution is 2.24. The number of para-hydroxylation sites is 1. The van der Waals surface area contributed by atoms with Crippen LogP contribution < -0.4 is 4.74 Å². The van der Waals surface area contributed by atoms with E-state index in [4.69, 9.17) is 16.3 Å². The molecule has 25 heavy (non-hydrogen) atoms. The Kier molecular flexibility index (Phi) is 5.42. The minimum Gasteiger partial charge on any atom is -0.484 e. The molecule has 0 spiro atoms. The molecule has 0 bridgehead atoms. The van der Waals surface area contributed by atoms with Gasteiger partial charge in [-0.1, -0.05) is 23.7 Å². The van der Waals surface area contributed by atoms with E-state index in [-0.39, 0.29) is 17.3 Å². The van der Waals surface area contributed by atoms with Crippen molar-refractivity contribution in [3.8, 4) is 5.75 Å². The van der Waals surface area contributed by atoms with Gasteiger partial charge in [0.15, 0.2) is 12.4 Å². The maximum Gasteiger partial charge on any atom is 0.243 e. The molecule has 0 aromatic heterocycles. The van der Waals surface area contributed by atoms with Crippen LogP contribution in [0.1, 0.15) is 23.2 Å². The fourth-order valence-corrected chi connectivity index (χ4v) is 4.39. The topological polar surface area (TPSA) is 63.7 Å². The molecule has 2 aromatic rings. The Labute approximate surface area is 152 Å². The SMILES string of the molecule is O=C(COc1ccccc1Cl)c1ccc(S(=O)(=O)N2CCCC2)cc1.